The number of hydrogen-bond acceptors (Lipinski definition) is 2. The van der Waals surface area contributed by atoms with E-state index in [1.807, 2.05) is 19.9 Å². The molecule has 2 nitrogen and oxygen atoms in total. The van der Waals surface area contributed by atoms with Crippen LogP contribution in [0.3, 0.4) is 0 Å². The van der Waals surface area contributed by atoms with Gasteiger partial charge in [0.05, 0.1) is 6.61 Å². The molecule has 0 spiro atoms. The maximum Gasteiger partial charge on any atom is 0.334 e. The molecule has 70 valence electrons. The highest BCUT2D eigenvalue weighted by atomic mass is 79.9. The first-order chi connectivity index (χ1) is 5.61. The minimum absolute atomic E-state index is 0.219. The molecule has 3 heteroatoms. The van der Waals surface area contributed by atoms with E-state index in [1.165, 1.54) is 0 Å². The number of esters is 1. The van der Waals surface area contributed by atoms with Crippen LogP contribution in [0.15, 0.2) is 11.6 Å². The molecule has 0 atom stereocenters. The quantitative estimate of drug-likeness (QED) is 0.425. The van der Waals surface area contributed by atoms with Crippen molar-refractivity contribution in [3.05, 3.63) is 11.6 Å². The summed E-state index contributed by atoms with van der Waals surface area (Å²) >= 11 is 3.25. The second-order valence-corrected chi connectivity index (χ2v) is 3.35. The van der Waals surface area contributed by atoms with Crippen LogP contribution in [-0.2, 0) is 9.53 Å². The van der Waals surface area contributed by atoms with E-state index in [-0.39, 0.29) is 5.97 Å². The molecule has 0 saturated heterocycles. The minimum Gasteiger partial charge on any atom is -0.463 e. The largest absolute Gasteiger partial charge is 0.463 e. The van der Waals surface area contributed by atoms with Crippen LogP contribution >= 0.6 is 15.9 Å². The molecule has 0 aromatic rings. The zero-order valence-corrected chi connectivity index (χ0v) is 9.35. The molecule has 12 heavy (non-hydrogen) atoms. The van der Waals surface area contributed by atoms with Crippen molar-refractivity contribution in [3.8, 4) is 0 Å². The van der Waals surface area contributed by atoms with E-state index in [2.05, 4.69) is 15.9 Å². The Morgan fingerprint density at radius 3 is 2.50 bits per heavy atom. The Kier molecular flexibility index (Phi) is 6.07. The summed E-state index contributed by atoms with van der Waals surface area (Å²) in [4.78, 5) is 11.2. The van der Waals surface area contributed by atoms with E-state index >= 15 is 0 Å². The van der Waals surface area contributed by atoms with Gasteiger partial charge in [0.25, 0.3) is 0 Å². The van der Waals surface area contributed by atoms with Crippen LogP contribution in [0.2, 0.25) is 0 Å². The first-order valence-corrected chi connectivity index (χ1v) is 5.17. The predicted molar refractivity (Wildman–Crippen MR) is 53.3 cm³/mol. The van der Waals surface area contributed by atoms with Crippen LogP contribution in [-0.4, -0.2) is 17.9 Å². The maximum absolute atomic E-state index is 11.2. The van der Waals surface area contributed by atoms with Crippen molar-refractivity contribution in [1.82, 2.24) is 0 Å². The van der Waals surface area contributed by atoms with Crippen LogP contribution in [0.25, 0.3) is 0 Å². The Morgan fingerprint density at radius 1 is 1.58 bits per heavy atom. The minimum atomic E-state index is -0.219. The van der Waals surface area contributed by atoms with Crippen LogP contribution in [0, 0.1) is 5.92 Å². The third-order valence-corrected chi connectivity index (χ3v) is 1.82. The van der Waals surface area contributed by atoms with Gasteiger partial charge in [-0.05, 0) is 12.8 Å². The normalized spacial score (nSPS) is 11.9. The monoisotopic (exact) mass is 234 g/mol. The molecule has 0 amide bonds. The van der Waals surface area contributed by atoms with Gasteiger partial charge in [0, 0.05) is 10.9 Å². The van der Waals surface area contributed by atoms with E-state index in [0.29, 0.717) is 23.4 Å². The fourth-order valence-corrected chi connectivity index (χ4v) is 1.21. The fourth-order valence-electron chi connectivity index (χ4n) is 0.793. The molecule has 0 aromatic carbocycles. The molecule has 0 saturated carbocycles. The molecule has 0 radical (unpaired) electrons. The van der Waals surface area contributed by atoms with Gasteiger partial charge in [0.2, 0.25) is 0 Å². The average Bonchev–Trinajstić information content (AvgIpc) is 2.00. The van der Waals surface area contributed by atoms with Gasteiger partial charge in [-0.3, -0.25) is 0 Å². The summed E-state index contributed by atoms with van der Waals surface area (Å²) in [6, 6.07) is 0. The molecule has 0 aliphatic rings. The van der Waals surface area contributed by atoms with Gasteiger partial charge in [-0.25, -0.2) is 4.79 Å². The molecule has 0 rings (SSSR count). The zero-order chi connectivity index (χ0) is 9.56. The molecule has 0 aliphatic carbocycles. The Labute approximate surface area is 82.1 Å². The number of carbonyl (C=O) groups excluding carboxylic acids is 1. The van der Waals surface area contributed by atoms with Crippen molar-refractivity contribution >= 4 is 21.9 Å². The van der Waals surface area contributed by atoms with Gasteiger partial charge in [-0.15, -0.1) is 0 Å². The Morgan fingerprint density at radius 2 is 2.17 bits per heavy atom. The highest BCUT2D eigenvalue weighted by Crippen LogP contribution is 2.07. The molecule has 0 N–H and O–H groups in total. The standard InChI is InChI=1S/C9H15BrO2/c1-4-12-9(11)8(6-10)5-7(2)3/h5,7H,4,6H2,1-3H3/b8-5-. The maximum atomic E-state index is 11.2. The lowest BCUT2D eigenvalue weighted by Gasteiger charge is -2.04. The second kappa shape index (κ2) is 6.23. The topological polar surface area (TPSA) is 26.3 Å². The molecular weight excluding hydrogens is 220 g/mol. The summed E-state index contributed by atoms with van der Waals surface area (Å²) < 4.78 is 4.86. The zero-order valence-electron chi connectivity index (χ0n) is 7.76. The summed E-state index contributed by atoms with van der Waals surface area (Å²) in [6.45, 7) is 6.30. The van der Waals surface area contributed by atoms with E-state index in [0.717, 1.165) is 0 Å². The van der Waals surface area contributed by atoms with Gasteiger partial charge in [-0.2, -0.15) is 0 Å². The molecule has 0 aliphatic heterocycles. The smallest absolute Gasteiger partial charge is 0.334 e. The number of rotatable bonds is 4. The third kappa shape index (κ3) is 4.54. The summed E-state index contributed by atoms with van der Waals surface area (Å²) in [6.07, 6.45) is 1.91. The van der Waals surface area contributed by atoms with Gasteiger partial charge < -0.3 is 4.74 Å². The van der Waals surface area contributed by atoms with Crippen LogP contribution in [0.5, 0.6) is 0 Å². The third-order valence-electron chi connectivity index (χ3n) is 1.22. The summed E-state index contributed by atoms with van der Waals surface area (Å²) in [7, 11) is 0. The number of allylic oxidation sites excluding steroid dienone is 1. The predicted octanol–water partition coefficient (Wildman–Crippen LogP) is 2.53. The highest BCUT2D eigenvalue weighted by molar-refractivity contribution is 9.09. The first-order valence-electron chi connectivity index (χ1n) is 4.05. The summed E-state index contributed by atoms with van der Waals surface area (Å²) in [5, 5.41) is 0.560. The Bertz CT molecular complexity index is 173. The van der Waals surface area contributed by atoms with E-state index in [4.69, 9.17) is 4.74 Å². The highest BCUT2D eigenvalue weighted by Gasteiger charge is 2.08. The van der Waals surface area contributed by atoms with Crippen molar-refractivity contribution in [2.45, 2.75) is 20.8 Å². The van der Waals surface area contributed by atoms with Gasteiger partial charge in [0.15, 0.2) is 0 Å². The SMILES string of the molecule is CCOC(=O)/C(=C\C(C)C)CBr. The van der Waals surface area contributed by atoms with Gasteiger partial charge >= 0.3 is 5.97 Å². The molecule has 0 fully saturated rings. The van der Waals surface area contributed by atoms with Crippen LogP contribution in [0.4, 0.5) is 0 Å². The van der Waals surface area contributed by atoms with Crippen molar-refractivity contribution in [1.29, 1.82) is 0 Å². The number of carbonyl (C=O) groups is 1. The van der Waals surface area contributed by atoms with Crippen LogP contribution < -0.4 is 0 Å². The average molecular weight is 235 g/mol. The lowest BCUT2D eigenvalue weighted by Crippen LogP contribution is -2.09. The van der Waals surface area contributed by atoms with Crippen molar-refractivity contribution in [2.75, 3.05) is 11.9 Å². The molecule has 0 unspecified atom stereocenters. The van der Waals surface area contributed by atoms with E-state index < -0.39 is 0 Å². The van der Waals surface area contributed by atoms with Crippen molar-refractivity contribution in [3.63, 3.8) is 0 Å². The molecular formula is C9H15BrO2. The second-order valence-electron chi connectivity index (χ2n) is 2.79. The van der Waals surface area contributed by atoms with Gasteiger partial charge in [0.1, 0.15) is 0 Å². The lowest BCUT2D eigenvalue weighted by atomic mass is 10.1. The Hall–Kier alpha value is -0.310. The first kappa shape index (κ1) is 11.7. The summed E-state index contributed by atoms with van der Waals surface area (Å²) in [5.41, 5.74) is 0.701. The summed E-state index contributed by atoms with van der Waals surface area (Å²) in [5.74, 6) is 0.157. The van der Waals surface area contributed by atoms with E-state index in [1.54, 1.807) is 6.92 Å². The van der Waals surface area contributed by atoms with Crippen molar-refractivity contribution in [2.24, 2.45) is 5.92 Å². The van der Waals surface area contributed by atoms with E-state index in [9.17, 15) is 4.79 Å². The molecule has 0 aromatic heterocycles. The number of hydrogen-bond donors (Lipinski definition) is 0. The number of ether oxygens (including phenoxy) is 1. The van der Waals surface area contributed by atoms with Crippen molar-refractivity contribution < 1.29 is 9.53 Å². The molecule has 0 heterocycles. The molecule has 0 bridgehead atoms. The lowest BCUT2D eigenvalue weighted by molar-refractivity contribution is -0.138. The van der Waals surface area contributed by atoms with Crippen LogP contribution in [0.1, 0.15) is 20.8 Å². The number of alkyl halides is 1. The number of halogens is 1. The van der Waals surface area contributed by atoms with Gasteiger partial charge in [-0.1, -0.05) is 35.9 Å². The fraction of sp³-hybridized carbons (Fsp3) is 0.667. The Balaban J connectivity index is 4.23.